The standard InChI is InChI=1S/C13H28O3.C3H7O5P/c1-3-5-7-9-13(12(15)11-14)16-10-8-6-4-2;4-1-3(5)2-8-9(6)7/h12-15H,3-11H2,1-2H3;3-5H,1-2H2. The maximum Gasteiger partial charge on any atom is 0.468 e. The van der Waals surface area contributed by atoms with E-state index < -0.39 is 26.7 Å². The fourth-order valence-corrected chi connectivity index (χ4v) is 2.18. The molecule has 152 valence electrons. The lowest BCUT2D eigenvalue weighted by Gasteiger charge is -2.22. The summed E-state index contributed by atoms with van der Waals surface area (Å²) in [5.74, 6) is 0. The van der Waals surface area contributed by atoms with Gasteiger partial charge in [0.2, 0.25) is 0 Å². The molecular formula is C16H35O8P. The fraction of sp³-hybridized carbons (Fsp3) is 1.00. The van der Waals surface area contributed by atoms with Gasteiger partial charge in [-0.25, -0.2) is 9.13 Å². The van der Waals surface area contributed by atoms with Gasteiger partial charge in [0.15, 0.2) is 0 Å². The smallest absolute Gasteiger partial charge is 0.394 e. The Morgan fingerprint density at radius 3 is 2.00 bits per heavy atom. The minimum absolute atomic E-state index is 0.187. The van der Waals surface area contributed by atoms with Crippen molar-refractivity contribution in [3.63, 3.8) is 0 Å². The van der Waals surface area contributed by atoms with Gasteiger partial charge in [-0.2, -0.15) is 0 Å². The molecule has 0 bridgehead atoms. The Hall–Kier alpha value is -0.340. The van der Waals surface area contributed by atoms with Gasteiger partial charge < -0.3 is 25.2 Å². The van der Waals surface area contributed by atoms with Crippen molar-refractivity contribution in [3.8, 4) is 0 Å². The van der Waals surface area contributed by atoms with E-state index >= 15 is 0 Å². The molecule has 0 heterocycles. The lowest BCUT2D eigenvalue weighted by atomic mass is 10.1. The van der Waals surface area contributed by atoms with E-state index in [1.807, 2.05) is 0 Å². The van der Waals surface area contributed by atoms with Crippen LogP contribution in [0.4, 0.5) is 0 Å². The van der Waals surface area contributed by atoms with Crippen molar-refractivity contribution < 1.29 is 38.8 Å². The number of aliphatic hydroxyl groups is 4. The number of hydrogen-bond donors (Lipinski definition) is 4. The molecule has 0 fully saturated rings. The Morgan fingerprint density at radius 1 is 0.920 bits per heavy atom. The third-order valence-electron chi connectivity index (χ3n) is 3.37. The Morgan fingerprint density at radius 2 is 1.52 bits per heavy atom. The predicted octanol–water partition coefficient (Wildman–Crippen LogP) is 1.94. The highest BCUT2D eigenvalue weighted by atomic mass is 31.1. The van der Waals surface area contributed by atoms with Crippen molar-refractivity contribution in [2.24, 2.45) is 0 Å². The number of unbranched alkanes of at least 4 members (excludes halogenated alkanes) is 4. The fourth-order valence-electron chi connectivity index (χ4n) is 1.89. The normalized spacial score (nSPS) is 14.3. The van der Waals surface area contributed by atoms with E-state index in [4.69, 9.17) is 20.1 Å². The molecule has 0 spiro atoms. The second kappa shape index (κ2) is 20.0. The second-order valence-corrected chi connectivity index (χ2v) is 6.42. The van der Waals surface area contributed by atoms with Crippen molar-refractivity contribution in [2.75, 3.05) is 26.4 Å². The highest BCUT2D eigenvalue weighted by Gasteiger charge is 2.18. The molecule has 0 saturated carbocycles. The van der Waals surface area contributed by atoms with Crippen molar-refractivity contribution in [2.45, 2.75) is 77.1 Å². The zero-order valence-corrected chi connectivity index (χ0v) is 16.3. The first-order valence-corrected chi connectivity index (χ1v) is 9.99. The summed E-state index contributed by atoms with van der Waals surface area (Å²) < 4.78 is 28.9. The van der Waals surface area contributed by atoms with Gasteiger partial charge in [-0.1, -0.05) is 46.0 Å². The van der Waals surface area contributed by atoms with Crippen LogP contribution in [0.2, 0.25) is 0 Å². The first kappa shape index (κ1) is 26.9. The molecule has 0 rings (SSSR count). The van der Waals surface area contributed by atoms with Crippen LogP contribution in [0.25, 0.3) is 0 Å². The number of hydrogen-bond acceptors (Lipinski definition) is 8. The van der Waals surface area contributed by atoms with E-state index in [1.54, 1.807) is 0 Å². The number of aliphatic hydroxyl groups excluding tert-OH is 4. The summed E-state index contributed by atoms with van der Waals surface area (Å²) in [7, 11) is -2.91. The topological polar surface area (TPSA) is 134 Å². The van der Waals surface area contributed by atoms with Crippen LogP contribution in [0.1, 0.15) is 58.8 Å². The van der Waals surface area contributed by atoms with E-state index in [9.17, 15) is 14.2 Å². The van der Waals surface area contributed by atoms with Crippen molar-refractivity contribution in [1.82, 2.24) is 0 Å². The van der Waals surface area contributed by atoms with Crippen LogP contribution < -0.4 is 0 Å². The largest absolute Gasteiger partial charge is 0.468 e. The molecule has 0 aromatic heterocycles. The molecule has 0 aliphatic heterocycles. The van der Waals surface area contributed by atoms with Gasteiger partial charge in [-0.15, -0.1) is 0 Å². The summed E-state index contributed by atoms with van der Waals surface area (Å²) in [5.41, 5.74) is 0. The molecule has 0 aliphatic carbocycles. The van der Waals surface area contributed by atoms with Crippen LogP contribution in [0.15, 0.2) is 0 Å². The number of ether oxygens (including phenoxy) is 1. The van der Waals surface area contributed by atoms with Gasteiger partial charge in [-0.3, -0.25) is 4.52 Å². The van der Waals surface area contributed by atoms with Crippen LogP contribution in [0.5, 0.6) is 0 Å². The van der Waals surface area contributed by atoms with Crippen LogP contribution in [0, 0.1) is 0 Å². The Kier molecular flexibility index (Phi) is 21.5. The van der Waals surface area contributed by atoms with Gasteiger partial charge >= 0.3 is 7.91 Å². The monoisotopic (exact) mass is 386 g/mol. The van der Waals surface area contributed by atoms with E-state index in [0.29, 0.717) is 6.61 Å². The quantitative estimate of drug-likeness (QED) is 0.248. The molecule has 0 amide bonds. The van der Waals surface area contributed by atoms with Crippen LogP contribution in [-0.2, 0) is 18.4 Å². The Balaban J connectivity index is 0. The van der Waals surface area contributed by atoms with Crippen LogP contribution in [-0.4, -0.2) is 65.2 Å². The first-order valence-electron chi connectivity index (χ1n) is 8.89. The predicted molar refractivity (Wildman–Crippen MR) is 93.8 cm³/mol. The van der Waals surface area contributed by atoms with Gasteiger partial charge in [0.25, 0.3) is 0 Å². The summed E-state index contributed by atoms with van der Waals surface area (Å²) in [6, 6.07) is 0. The Bertz CT molecular complexity index is 330. The molecule has 3 unspecified atom stereocenters. The third-order valence-corrected chi connectivity index (χ3v) is 3.73. The van der Waals surface area contributed by atoms with Crippen molar-refractivity contribution in [1.29, 1.82) is 0 Å². The van der Waals surface area contributed by atoms with E-state index in [1.165, 1.54) is 6.42 Å². The van der Waals surface area contributed by atoms with Gasteiger partial charge in [0, 0.05) is 6.61 Å². The lowest BCUT2D eigenvalue weighted by molar-refractivity contribution is -0.0629. The molecule has 0 aromatic rings. The summed E-state index contributed by atoms with van der Waals surface area (Å²) in [6.45, 7) is 3.92. The molecule has 0 saturated heterocycles. The third kappa shape index (κ3) is 19.8. The molecule has 3 atom stereocenters. The average Bonchev–Trinajstić information content (AvgIpc) is 2.61. The van der Waals surface area contributed by atoms with Crippen LogP contribution in [0.3, 0.4) is 0 Å². The molecule has 4 N–H and O–H groups in total. The van der Waals surface area contributed by atoms with Gasteiger partial charge in [-0.05, 0) is 12.8 Å². The molecule has 8 nitrogen and oxygen atoms in total. The molecule has 0 aliphatic rings. The minimum Gasteiger partial charge on any atom is -0.394 e. The first-order chi connectivity index (χ1) is 11.9. The van der Waals surface area contributed by atoms with Crippen molar-refractivity contribution in [3.05, 3.63) is 0 Å². The number of rotatable bonds is 15. The molecule has 25 heavy (non-hydrogen) atoms. The second-order valence-electron chi connectivity index (χ2n) is 5.72. The molecule has 0 radical (unpaired) electrons. The zero-order valence-electron chi connectivity index (χ0n) is 15.4. The highest BCUT2D eigenvalue weighted by molar-refractivity contribution is 7.24. The Labute approximate surface area is 151 Å². The zero-order chi connectivity index (χ0) is 19.5. The van der Waals surface area contributed by atoms with E-state index in [2.05, 4.69) is 18.4 Å². The van der Waals surface area contributed by atoms with Gasteiger partial charge in [0.05, 0.1) is 25.9 Å². The summed E-state index contributed by atoms with van der Waals surface area (Å²) in [4.78, 5) is 0. The maximum absolute atomic E-state index is 9.64. The summed E-state index contributed by atoms with van der Waals surface area (Å²) in [6.07, 6.45) is 5.59. The summed E-state index contributed by atoms with van der Waals surface area (Å²) >= 11 is 0. The minimum atomic E-state index is -2.91. The molecule has 9 heteroatoms. The molecule has 0 aromatic carbocycles. The van der Waals surface area contributed by atoms with Crippen molar-refractivity contribution >= 4 is 7.91 Å². The van der Waals surface area contributed by atoms with E-state index in [-0.39, 0.29) is 19.3 Å². The van der Waals surface area contributed by atoms with Gasteiger partial charge in [0.1, 0.15) is 12.2 Å². The SMILES string of the molecule is CCCCCOC(CCCCC)C(O)CO.O=P(=O)OCC(O)CO. The lowest BCUT2D eigenvalue weighted by Crippen LogP contribution is -2.32. The van der Waals surface area contributed by atoms with Crippen LogP contribution >= 0.6 is 7.91 Å². The average molecular weight is 386 g/mol. The highest BCUT2D eigenvalue weighted by Crippen LogP contribution is 2.11. The molecular weight excluding hydrogens is 351 g/mol. The maximum atomic E-state index is 9.64. The van der Waals surface area contributed by atoms with E-state index in [0.717, 1.165) is 38.5 Å². The summed E-state index contributed by atoms with van der Waals surface area (Å²) in [5, 5.41) is 35.1.